The van der Waals surface area contributed by atoms with Crippen molar-refractivity contribution in [2.45, 2.75) is 6.30 Å². The number of nitrogens with two attached hydrogens (primary N) is 1. The quantitative estimate of drug-likeness (QED) is 0.844. The first-order chi connectivity index (χ1) is 9.47. The third-order valence-electron chi connectivity index (χ3n) is 2.67. The van der Waals surface area contributed by atoms with Gasteiger partial charge in [-0.2, -0.15) is 13.2 Å². The van der Waals surface area contributed by atoms with E-state index < -0.39 is 12.1 Å². The van der Waals surface area contributed by atoms with E-state index in [2.05, 4.69) is 0 Å². The van der Waals surface area contributed by atoms with Crippen molar-refractivity contribution in [3.63, 3.8) is 0 Å². The summed E-state index contributed by atoms with van der Waals surface area (Å²) in [5.41, 5.74) is 7.18. The number of benzene rings is 2. The molecule has 2 nitrogen and oxygen atoms in total. The first-order valence-electron chi connectivity index (χ1n) is 5.93. The summed E-state index contributed by atoms with van der Waals surface area (Å²) >= 11 is 0. The Morgan fingerprint density at radius 2 is 1.20 bits per heavy atom. The van der Waals surface area contributed by atoms with Gasteiger partial charge in [-0.3, -0.25) is 5.32 Å². The van der Waals surface area contributed by atoms with Crippen LogP contribution >= 0.6 is 0 Å². The van der Waals surface area contributed by atoms with Crippen molar-refractivity contribution in [1.82, 2.24) is 5.32 Å². The first-order valence-corrected chi connectivity index (χ1v) is 5.93. The Hall–Kier alpha value is -2.43. The van der Waals surface area contributed by atoms with E-state index >= 15 is 0 Å². The normalized spacial score (nSPS) is 10.9. The van der Waals surface area contributed by atoms with Gasteiger partial charge in [0.1, 0.15) is 5.82 Å². The van der Waals surface area contributed by atoms with Gasteiger partial charge in [0.05, 0.1) is 0 Å². The highest BCUT2D eigenvalue weighted by atomic mass is 19.4. The van der Waals surface area contributed by atoms with E-state index in [-0.39, 0.29) is 0 Å². The molecule has 0 spiro atoms. The van der Waals surface area contributed by atoms with Gasteiger partial charge in [-0.1, -0.05) is 60.7 Å². The predicted octanol–water partition coefficient (Wildman–Crippen LogP) is 3.47. The van der Waals surface area contributed by atoms with E-state index in [4.69, 9.17) is 5.73 Å². The molecule has 0 aliphatic heterocycles. The van der Waals surface area contributed by atoms with Crippen molar-refractivity contribution in [2.75, 3.05) is 0 Å². The molecule has 0 bridgehead atoms. The molecule has 3 N–H and O–H groups in total. The third-order valence-corrected chi connectivity index (χ3v) is 2.67. The maximum absolute atomic E-state index is 12.5. The van der Waals surface area contributed by atoms with Crippen LogP contribution < -0.4 is 11.1 Å². The monoisotopic (exact) mass is 278 g/mol. The largest absolute Gasteiger partial charge is 0.483 e. The molecule has 0 fully saturated rings. The lowest BCUT2D eigenvalue weighted by Gasteiger charge is -2.16. The van der Waals surface area contributed by atoms with Crippen molar-refractivity contribution < 1.29 is 13.2 Å². The molecule has 0 heterocycles. The number of alkyl halides is 3. The summed E-state index contributed by atoms with van der Waals surface area (Å²) in [4.78, 5) is 0. The predicted molar refractivity (Wildman–Crippen MR) is 72.3 cm³/mol. The maximum atomic E-state index is 12.5. The van der Waals surface area contributed by atoms with E-state index in [1.165, 1.54) is 5.32 Å². The van der Waals surface area contributed by atoms with Crippen LogP contribution in [0.4, 0.5) is 13.2 Å². The highest BCUT2D eigenvalue weighted by Crippen LogP contribution is 2.25. The van der Waals surface area contributed by atoms with E-state index in [0.29, 0.717) is 16.7 Å². The molecule has 0 aromatic heterocycles. The molecule has 0 amide bonds. The van der Waals surface area contributed by atoms with Gasteiger partial charge in [0, 0.05) is 5.57 Å². The fraction of sp³-hybridized carbons (Fsp3) is 0.0667. The van der Waals surface area contributed by atoms with E-state index in [1.54, 1.807) is 60.7 Å². The number of hydrogen-bond donors (Lipinski definition) is 2. The van der Waals surface area contributed by atoms with Crippen LogP contribution in [0, 0.1) is 0 Å². The summed E-state index contributed by atoms with van der Waals surface area (Å²) in [6.07, 6.45) is -4.57. The zero-order valence-corrected chi connectivity index (χ0v) is 10.5. The molecule has 2 aromatic carbocycles. The second-order valence-corrected chi connectivity index (χ2v) is 4.14. The summed E-state index contributed by atoms with van der Waals surface area (Å²) in [5, 5.41) is 1.37. The summed E-state index contributed by atoms with van der Waals surface area (Å²) in [6, 6.07) is 17.4. The van der Waals surface area contributed by atoms with Gasteiger partial charge >= 0.3 is 6.30 Å². The minimum atomic E-state index is -4.57. The third kappa shape index (κ3) is 3.54. The van der Waals surface area contributed by atoms with Crippen molar-refractivity contribution >= 4 is 5.57 Å². The van der Waals surface area contributed by atoms with Crippen LogP contribution in [0.25, 0.3) is 5.57 Å². The van der Waals surface area contributed by atoms with Gasteiger partial charge in [0.2, 0.25) is 0 Å². The molecule has 20 heavy (non-hydrogen) atoms. The molecule has 0 atom stereocenters. The van der Waals surface area contributed by atoms with Crippen molar-refractivity contribution in [2.24, 2.45) is 5.73 Å². The Kier molecular flexibility index (Phi) is 3.98. The Labute approximate surface area is 114 Å². The maximum Gasteiger partial charge on any atom is 0.483 e. The van der Waals surface area contributed by atoms with Gasteiger partial charge in [0.15, 0.2) is 0 Å². The van der Waals surface area contributed by atoms with Crippen molar-refractivity contribution in [3.8, 4) is 0 Å². The highest BCUT2D eigenvalue weighted by Gasteiger charge is 2.28. The molecule has 2 aromatic rings. The molecule has 0 unspecified atom stereocenters. The molecule has 5 heteroatoms. The van der Waals surface area contributed by atoms with Crippen LogP contribution in [0.15, 0.2) is 66.5 Å². The fourth-order valence-corrected chi connectivity index (χ4v) is 1.90. The lowest BCUT2D eigenvalue weighted by Crippen LogP contribution is -2.35. The molecular formula is C15H13F3N2. The fourth-order valence-electron chi connectivity index (χ4n) is 1.90. The molecule has 0 aliphatic rings. The second kappa shape index (κ2) is 5.69. The number of rotatable bonds is 3. The lowest BCUT2D eigenvalue weighted by molar-refractivity contribution is -0.149. The van der Waals surface area contributed by atoms with Crippen LogP contribution in [-0.2, 0) is 0 Å². The second-order valence-electron chi connectivity index (χ2n) is 4.14. The summed E-state index contributed by atoms with van der Waals surface area (Å²) in [6.45, 7) is 0. The number of nitrogens with one attached hydrogen (secondary N) is 1. The molecular weight excluding hydrogens is 265 g/mol. The summed E-state index contributed by atoms with van der Waals surface area (Å²) < 4.78 is 37.4. The van der Waals surface area contributed by atoms with E-state index in [9.17, 15) is 13.2 Å². The molecule has 0 radical (unpaired) electrons. The van der Waals surface area contributed by atoms with Crippen LogP contribution in [-0.4, -0.2) is 6.30 Å². The van der Waals surface area contributed by atoms with Gasteiger partial charge in [0.25, 0.3) is 0 Å². The Morgan fingerprint density at radius 1 is 0.800 bits per heavy atom. The lowest BCUT2D eigenvalue weighted by atomic mass is 9.98. The summed E-state index contributed by atoms with van der Waals surface area (Å²) in [7, 11) is 0. The SMILES string of the molecule is NC(NC(F)(F)F)=C(c1ccccc1)c1ccccc1. The van der Waals surface area contributed by atoms with Crippen LogP contribution in [0.1, 0.15) is 11.1 Å². The van der Waals surface area contributed by atoms with Gasteiger partial charge in [-0.15, -0.1) is 0 Å². The van der Waals surface area contributed by atoms with Gasteiger partial charge < -0.3 is 5.73 Å². The Bertz CT molecular complexity index is 548. The molecule has 0 aliphatic carbocycles. The van der Waals surface area contributed by atoms with Crippen molar-refractivity contribution in [1.29, 1.82) is 0 Å². The molecule has 0 saturated heterocycles. The van der Waals surface area contributed by atoms with Crippen LogP contribution in [0.5, 0.6) is 0 Å². The smallest absolute Gasteiger partial charge is 0.385 e. The van der Waals surface area contributed by atoms with Crippen LogP contribution in [0.2, 0.25) is 0 Å². The zero-order chi connectivity index (χ0) is 14.6. The molecule has 0 saturated carbocycles. The molecule has 104 valence electrons. The average molecular weight is 278 g/mol. The summed E-state index contributed by atoms with van der Waals surface area (Å²) in [5.74, 6) is -0.421. The van der Waals surface area contributed by atoms with Crippen LogP contribution in [0.3, 0.4) is 0 Å². The minimum Gasteiger partial charge on any atom is -0.385 e. The van der Waals surface area contributed by atoms with E-state index in [0.717, 1.165) is 0 Å². The minimum absolute atomic E-state index is 0.323. The standard InChI is InChI=1S/C15H13F3N2/c16-15(17,18)20-14(19)13(11-7-3-1-4-8-11)12-9-5-2-6-10-12/h1-10,20H,19H2. The van der Waals surface area contributed by atoms with Gasteiger partial charge in [-0.25, -0.2) is 0 Å². The average Bonchev–Trinajstić information content (AvgIpc) is 2.39. The topological polar surface area (TPSA) is 38.0 Å². The number of halogens is 3. The highest BCUT2D eigenvalue weighted by molar-refractivity contribution is 5.81. The Morgan fingerprint density at radius 3 is 1.55 bits per heavy atom. The van der Waals surface area contributed by atoms with Gasteiger partial charge in [-0.05, 0) is 11.1 Å². The molecule has 2 rings (SSSR count). The van der Waals surface area contributed by atoms with Crippen molar-refractivity contribution in [3.05, 3.63) is 77.6 Å². The van der Waals surface area contributed by atoms with E-state index in [1.807, 2.05) is 0 Å². The zero-order valence-electron chi connectivity index (χ0n) is 10.5. The Balaban J connectivity index is 2.53. The number of hydrogen-bond acceptors (Lipinski definition) is 2. The first kappa shape index (κ1) is 14.0.